The zero-order chi connectivity index (χ0) is 20.3. The molecule has 0 heterocycles. The van der Waals surface area contributed by atoms with E-state index in [-0.39, 0.29) is 12.2 Å². The fraction of sp³-hybridized carbons (Fsp3) is 1.00. The average Bonchev–Trinajstić information content (AvgIpc) is 3.01. The Morgan fingerprint density at radius 1 is 0.964 bits per heavy atom. The van der Waals surface area contributed by atoms with Crippen LogP contribution >= 0.6 is 22.6 Å². The second-order valence-corrected chi connectivity index (χ2v) is 12.7. The highest BCUT2D eigenvalue weighted by molar-refractivity contribution is 14.1. The largest absolute Gasteiger partial charge is 0.393 e. The van der Waals surface area contributed by atoms with Gasteiger partial charge in [0.05, 0.1) is 12.2 Å². The predicted octanol–water partition coefficient (Wildman–Crippen LogP) is 6.07. The summed E-state index contributed by atoms with van der Waals surface area (Å²) >= 11 is 2.55. The van der Waals surface area contributed by atoms with Crippen LogP contribution in [0.5, 0.6) is 0 Å². The third kappa shape index (κ3) is 3.15. The summed E-state index contributed by atoms with van der Waals surface area (Å²) in [5.41, 5.74) is 0.764. The molecule has 0 aromatic carbocycles. The Labute approximate surface area is 186 Å². The molecule has 4 fully saturated rings. The Morgan fingerprint density at radius 3 is 2.32 bits per heavy atom. The van der Waals surface area contributed by atoms with Gasteiger partial charge < -0.3 is 10.2 Å². The van der Waals surface area contributed by atoms with Crippen molar-refractivity contribution in [3.63, 3.8) is 0 Å². The lowest BCUT2D eigenvalue weighted by atomic mass is 9.41. The Hall–Kier alpha value is 0.650. The molecule has 2 N–H and O–H groups in total. The number of hydrogen-bond acceptors (Lipinski definition) is 2. The summed E-state index contributed by atoms with van der Waals surface area (Å²) in [7, 11) is 0. The molecule has 4 aliphatic carbocycles. The summed E-state index contributed by atoms with van der Waals surface area (Å²) in [5.74, 6) is 4.43. The molecule has 4 aliphatic rings. The van der Waals surface area contributed by atoms with Crippen molar-refractivity contribution in [2.24, 2.45) is 52.3 Å². The molecule has 0 aromatic heterocycles. The minimum Gasteiger partial charge on any atom is -0.393 e. The van der Waals surface area contributed by atoms with Crippen LogP contribution in [0.1, 0.15) is 85.5 Å². The minimum absolute atomic E-state index is 0.144. The molecule has 3 unspecified atom stereocenters. The topological polar surface area (TPSA) is 40.5 Å². The molecule has 0 bridgehead atoms. The zero-order valence-corrected chi connectivity index (χ0v) is 20.7. The van der Waals surface area contributed by atoms with E-state index in [4.69, 9.17) is 0 Å². The summed E-state index contributed by atoms with van der Waals surface area (Å²) in [4.78, 5) is 0. The minimum atomic E-state index is -0.151. The number of aliphatic hydroxyl groups is 2. The third-order valence-corrected chi connectivity index (χ3v) is 11.3. The molecule has 4 rings (SSSR count). The van der Waals surface area contributed by atoms with Crippen molar-refractivity contribution in [1.82, 2.24) is 0 Å². The first-order valence-electron chi connectivity index (χ1n) is 12.2. The second kappa shape index (κ2) is 7.97. The van der Waals surface area contributed by atoms with Crippen LogP contribution in [0.25, 0.3) is 0 Å². The summed E-state index contributed by atoms with van der Waals surface area (Å²) in [6.45, 7) is 9.91. The average molecular weight is 503 g/mol. The number of alkyl halides is 1. The van der Waals surface area contributed by atoms with Crippen LogP contribution < -0.4 is 0 Å². The summed E-state index contributed by atoms with van der Waals surface area (Å²) in [6, 6.07) is 0. The molecular weight excluding hydrogens is 459 g/mol. The highest BCUT2D eigenvalue weighted by atomic mass is 127. The first-order valence-corrected chi connectivity index (χ1v) is 13.7. The lowest BCUT2D eigenvalue weighted by Crippen LogP contribution is -2.62. The van der Waals surface area contributed by atoms with Crippen molar-refractivity contribution >= 4 is 22.6 Å². The summed E-state index contributed by atoms with van der Waals surface area (Å²) in [5, 5.41) is 22.1. The molecule has 3 heteroatoms. The Balaban J connectivity index is 1.67. The van der Waals surface area contributed by atoms with Gasteiger partial charge in [-0.1, -0.05) is 56.7 Å². The van der Waals surface area contributed by atoms with E-state index in [9.17, 15) is 10.2 Å². The first-order chi connectivity index (χ1) is 13.3. The van der Waals surface area contributed by atoms with Gasteiger partial charge in [0.15, 0.2) is 0 Å². The van der Waals surface area contributed by atoms with Crippen LogP contribution in [0.3, 0.4) is 0 Å². The number of halogens is 1. The molecule has 0 aromatic rings. The smallest absolute Gasteiger partial charge is 0.0605 e. The summed E-state index contributed by atoms with van der Waals surface area (Å²) in [6.07, 6.45) is 10.6. The van der Waals surface area contributed by atoms with Gasteiger partial charge in [0, 0.05) is 0 Å². The standard InChI is InChI=1S/C25H43IO2/c1-5-17-21-14-16(27)8-11-25(21,4)20-9-12-24(3)18(15(2)10-13-26)6-7-19(24)22(20)23(17)28/h15-23,27-28H,5-14H2,1-4H3/t15-,16-,17-,18-,19?,20?,21+,22?,23-,24-,25-/m1/s1. The third-order valence-electron chi connectivity index (χ3n) is 10.7. The molecule has 4 saturated carbocycles. The molecule has 0 aliphatic heterocycles. The van der Waals surface area contributed by atoms with Crippen molar-refractivity contribution in [3.8, 4) is 0 Å². The van der Waals surface area contributed by atoms with E-state index in [0.29, 0.717) is 40.4 Å². The van der Waals surface area contributed by atoms with Crippen molar-refractivity contribution in [2.45, 2.75) is 97.7 Å². The fourth-order valence-corrected chi connectivity index (χ4v) is 10.3. The van der Waals surface area contributed by atoms with Gasteiger partial charge in [-0.25, -0.2) is 0 Å². The highest BCUT2D eigenvalue weighted by Gasteiger charge is 2.64. The van der Waals surface area contributed by atoms with Crippen molar-refractivity contribution in [3.05, 3.63) is 0 Å². The fourth-order valence-electron chi connectivity index (χ4n) is 9.31. The van der Waals surface area contributed by atoms with Gasteiger partial charge in [0.25, 0.3) is 0 Å². The van der Waals surface area contributed by atoms with E-state index in [1.54, 1.807) is 0 Å². The van der Waals surface area contributed by atoms with Crippen LogP contribution in [-0.2, 0) is 0 Å². The van der Waals surface area contributed by atoms with E-state index >= 15 is 0 Å². The molecule has 2 nitrogen and oxygen atoms in total. The monoisotopic (exact) mass is 502 g/mol. The first kappa shape index (κ1) is 21.9. The van der Waals surface area contributed by atoms with Crippen LogP contribution in [0.15, 0.2) is 0 Å². The molecule has 28 heavy (non-hydrogen) atoms. The van der Waals surface area contributed by atoms with E-state index in [2.05, 4.69) is 50.3 Å². The van der Waals surface area contributed by atoms with Gasteiger partial charge in [-0.2, -0.15) is 0 Å². The lowest BCUT2D eigenvalue weighted by molar-refractivity contribution is -0.203. The quantitative estimate of drug-likeness (QED) is 0.362. The number of aliphatic hydroxyl groups excluding tert-OH is 2. The number of hydrogen-bond donors (Lipinski definition) is 2. The highest BCUT2D eigenvalue weighted by Crippen LogP contribution is 2.69. The van der Waals surface area contributed by atoms with Crippen molar-refractivity contribution in [1.29, 1.82) is 0 Å². The van der Waals surface area contributed by atoms with Crippen LogP contribution in [0.2, 0.25) is 0 Å². The van der Waals surface area contributed by atoms with Gasteiger partial charge >= 0.3 is 0 Å². The predicted molar refractivity (Wildman–Crippen MR) is 124 cm³/mol. The van der Waals surface area contributed by atoms with Gasteiger partial charge in [0.2, 0.25) is 0 Å². The van der Waals surface area contributed by atoms with Gasteiger partial charge in [-0.05, 0) is 108 Å². The molecule has 162 valence electrons. The normalized spacial score (nSPS) is 54.5. The summed E-state index contributed by atoms with van der Waals surface area (Å²) < 4.78 is 1.27. The van der Waals surface area contributed by atoms with Gasteiger partial charge in [-0.3, -0.25) is 0 Å². The van der Waals surface area contributed by atoms with Crippen molar-refractivity contribution in [2.75, 3.05) is 4.43 Å². The van der Waals surface area contributed by atoms with Crippen LogP contribution in [0, 0.1) is 52.3 Å². The van der Waals surface area contributed by atoms with E-state index in [1.165, 1.54) is 43.0 Å². The Bertz CT molecular complexity index is 567. The maximum absolute atomic E-state index is 11.7. The van der Waals surface area contributed by atoms with Crippen molar-refractivity contribution < 1.29 is 10.2 Å². The number of fused-ring (bicyclic) bond motifs is 5. The SMILES string of the molecule is CC[C@H]1[C@@H](O)C2C3CC[C@H]([C@H](C)CCI)[C@@]3(C)CCC2[C@@]2(C)CC[C@@H](O)C[C@@H]12. The molecule has 0 amide bonds. The van der Waals surface area contributed by atoms with Gasteiger partial charge in [-0.15, -0.1) is 0 Å². The Morgan fingerprint density at radius 2 is 1.64 bits per heavy atom. The molecular formula is C25H43IO2. The van der Waals surface area contributed by atoms with E-state index in [1.807, 2.05) is 0 Å². The van der Waals surface area contributed by atoms with Crippen LogP contribution in [0.4, 0.5) is 0 Å². The van der Waals surface area contributed by atoms with Gasteiger partial charge in [0.1, 0.15) is 0 Å². The molecule has 0 saturated heterocycles. The lowest BCUT2D eigenvalue weighted by Gasteiger charge is -2.64. The van der Waals surface area contributed by atoms with E-state index < -0.39 is 0 Å². The van der Waals surface area contributed by atoms with Crippen LogP contribution in [-0.4, -0.2) is 26.8 Å². The maximum atomic E-state index is 11.7. The second-order valence-electron chi connectivity index (χ2n) is 11.6. The Kier molecular flexibility index (Phi) is 6.22. The number of rotatable bonds is 4. The zero-order valence-electron chi connectivity index (χ0n) is 18.5. The maximum Gasteiger partial charge on any atom is 0.0605 e. The molecule has 0 radical (unpaired) electrons. The molecule has 0 spiro atoms. The molecule has 11 atom stereocenters. The van der Waals surface area contributed by atoms with E-state index in [0.717, 1.165) is 31.1 Å².